The quantitative estimate of drug-likeness (QED) is 0.376. The van der Waals surface area contributed by atoms with Crippen LogP contribution in [0.1, 0.15) is 40.0 Å². The number of carbonyl (C=O) groups is 2. The first kappa shape index (κ1) is 24.7. The Bertz CT molecular complexity index is 1640. The molecule has 4 aromatic rings. The number of ether oxygens (including phenoxy) is 1. The van der Waals surface area contributed by atoms with Crippen LogP contribution in [0.2, 0.25) is 0 Å². The van der Waals surface area contributed by atoms with Crippen LogP contribution in [0.3, 0.4) is 0 Å². The average molecular weight is 529 g/mol. The van der Waals surface area contributed by atoms with E-state index in [0.29, 0.717) is 42.1 Å². The summed E-state index contributed by atoms with van der Waals surface area (Å²) in [5, 5.41) is 3.05. The topological polar surface area (TPSA) is 134 Å². The van der Waals surface area contributed by atoms with Gasteiger partial charge in [-0.05, 0) is 67.6 Å². The Morgan fingerprint density at radius 3 is 2.69 bits per heavy atom. The molecule has 2 aliphatic heterocycles. The molecular weight excluding hydrogens is 500 g/mol. The zero-order valence-electron chi connectivity index (χ0n) is 21.7. The predicted octanol–water partition coefficient (Wildman–Crippen LogP) is 3.52. The molecule has 2 aliphatic rings. The summed E-state index contributed by atoms with van der Waals surface area (Å²) >= 11 is 0. The molecule has 1 fully saturated rings. The first-order chi connectivity index (χ1) is 18.9. The number of aromatic amines is 1. The Labute approximate surface area is 223 Å². The van der Waals surface area contributed by atoms with Gasteiger partial charge in [0.15, 0.2) is 5.58 Å². The summed E-state index contributed by atoms with van der Waals surface area (Å²) in [5.41, 5.74) is 4.18. The zero-order chi connectivity index (χ0) is 27.1. The molecule has 0 unspecified atom stereocenters. The number of aromatic nitrogens is 3. The van der Waals surface area contributed by atoms with E-state index >= 15 is 0 Å². The van der Waals surface area contributed by atoms with E-state index in [1.54, 1.807) is 32.2 Å². The van der Waals surface area contributed by atoms with E-state index in [2.05, 4.69) is 25.2 Å². The van der Waals surface area contributed by atoms with Crippen LogP contribution in [0.15, 0.2) is 51.9 Å². The van der Waals surface area contributed by atoms with Crippen LogP contribution in [0, 0.1) is 6.92 Å². The van der Waals surface area contributed by atoms with Gasteiger partial charge in [-0.15, -0.1) is 0 Å². The number of benzene rings is 2. The lowest BCUT2D eigenvalue weighted by atomic mass is 10.0. The molecule has 4 heterocycles. The molecule has 11 nitrogen and oxygen atoms in total. The van der Waals surface area contributed by atoms with Crippen molar-refractivity contribution in [3.05, 3.63) is 75.7 Å². The number of oxazole rings is 1. The maximum Gasteiger partial charge on any atom is 0.417 e. The van der Waals surface area contributed by atoms with Crippen molar-refractivity contribution in [2.75, 3.05) is 37.0 Å². The minimum absolute atomic E-state index is 0.0854. The van der Waals surface area contributed by atoms with E-state index in [1.807, 2.05) is 23.1 Å². The number of piperidine rings is 1. The summed E-state index contributed by atoms with van der Waals surface area (Å²) < 4.78 is 10.5. The number of nitrogens with one attached hydrogen (secondary N) is 2. The Morgan fingerprint density at radius 2 is 1.90 bits per heavy atom. The number of amides is 2. The smallest absolute Gasteiger partial charge is 0.417 e. The summed E-state index contributed by atoms with van der Waals surface area (Å²) in [6, 6.07) is 10.7. The van der Waals surface area contributed by atoms with E-state index in [-0.39, 0.29) is 23.6 Å². The highest BCUT2D eigenvalue weighted by molar-refractivity contribution is 6.09. The largest absolute Gasteiger partial charge is 0.497 e. The van der Waals surface area contributed by atoms with E-state index in [1.165, 1.54) is 6.33 Å². The number of carbonyl (C=O) groups excluding carboxylic acids is 2. The minimum Gasteiger partial charge on any atom is -0.497 e. The Kier molecular flexibility index (Phi) is 6.26. The van der Waals surface area contributed by atoms with Crippen molar-refractivity contribution in [3.8, 4) is 5.75 Å². The van der Waals surface area contributed by atoms with Gasteiger partial charge in [0.05, 0.1) is 12.6 Å². The molecule has 2 aromatic heterocycles. The number of hydrogen-bond donors (Lipinski definition) is 2. The van der Waals surface area contributed by atoms with Crippen LogP contribution in [0.5, 0.6) is 5.75 Å². The number of hydrogen-bond acceptors (Lipinski definition) is 8. The molecule has 6 rings (SSSR count). The normalized spacial score (nSPS) is 16.1. The lowest BCUT2D eigenvalue weighted by Gasteiger charge is -2.38. The number of urea groups is 1. The number of methoxy groups -OCH3 is 1. The van der Waals surface area contributed by atoms with Crippen molar-refractivity contribution in [1.29, 1.82) is 0 Å². The molecule has 11 heteroatoms. The van der Waals surface area contributed by atoms with E-state index in [4.69, 9.17) is 9.15 Å². The summed E-state index contributed by atoms with van der Waals surface area (Å²) in [6.07, 6.45) is 3.70. The van der Waals surface area contributed by atoms with Gasteiger partial charge in [-0.1, -0.05) is 0 Å². The lowest BCUT2D eigenvalue weighted by molar-refractivity contribution is 0.103. The number of aryl methyl sites for hydroxylation is 1. The first-order valence-electron chi connectivity index (χ1n) is 12.9. The van der Waals surface area contributed by atoms with Gasteiger partial charge in [0.25, 0.3) is 0 Å². The second kappa shape index (κ2) is 9.90. The predicted molar refractivity (Wildman–Crippen MR) is 145 cm³/mol. The molecule has 0 aliphatic carbocycles. The zero-order valence-corrected chi connectivity index (χ0v) is 21.7. The highest BCUT2D eigenvalue weighted by Crippen LogP contribution is 2.29. The summed E-state index contributed by atoms with van der Waals surface area (Å²) in [4.78, 5) is 53.2. The van der Waals surface area contributed by atoms with Crippen molar-refractivity contribution in [1.82, 2.24) is 19.9 Å². The molecule has 0 spiro atoms. The van der Waals surface area contributed by atoms with E-state index in [9.17, 15) is 14.4 Å². The third-order valence-electron chi connectivity index (χ3n) is 7.54. The fourth-order valence-electron chi connectivity index (χ4n) is 5.46. The van der Waals surface area contributed by atoms with Gasteiger partial charge < -0.3 is 24.3 Å². The van der Waals surface area contributed by atoms with Crippen molar-refractivity contribution in [2.24, 2.45) is 0 Å². The number of rotatable bonds is 5. The van der Waals surface area contributed by atoms with Crippen molar-refractivity contribution in [2.45, 2.75) is 32.2 Å². The van der Waals surface area contributed by atoms with E-state index in [0.717, 1.165) is 41.8 Å². The standard InChI is InChI=1S/C28H28N6O5/c1-16-11-18(13-23-25(16)32-28(37)39-23)26(35)22-14-24(30-15-29-22)33-8-6-19(7-9-33)34-10-5-17-12-20(38-2)3-4-21(17)31-27(34)36/h3-4,11-15,19H,5-10H2,1-2H3,(H,31,36)(H,32,37). The second-order valence-electron chi connectivity index (χ2n) is 9.89. The Balaban J connectivity index is 1.14. The third-order valence-corrected chi connectivity index (χ3v) is 7.54. The lowest BCUT2D eigenvalue weighted by Crippen LogP contribution is -2.49. The molecule has 2 aromatic carbocycles. The van der Waals surface area contributed by atoms with Crippen LogP contribution < -0.4 is 20.7 Å². The third kappa shape index (κ3) is 4.71. The molecule has 200 valence electrons. The number of H-pyrrole nitrogens is 1. The van der Waals surface area contributed by atoms with Crippen LogP contribution in [-0.4, -0.2) is 64.5 Å². The van der Waals surface area contributed by atoms with Gasteiger partial charge in [-0.2, -0.15) is 0 Å². The number of nitrogens with zero attached hydrogens (tertiary/aromatic N) is 4. The van der Waals surface area contributed by atoms with Gasteiger partial charge >= 0.3 is 11.8 Å². The highest BCUT2D eigenvalue weighted by atomic mass is 16.5. The number of ketones is 1. The second-order valence-corrected chi connectivity index (χ2v) is 9.89. The monoisotopic (exact) mass is 528 g/mol. The average Bonchev–Trinajstić information content (AvgIpc) is 3.26. The summed E-state index contributed by atoms with van der Waals surface area (Å²) in [6.45, 7) is 3.83. The molecule has 1 saturated heterocycles. The summed E-state index contributed by atoms with van der Waals surface area (Å²) in [7, 11) is 1.64. The fraction of sp³-hybridized carbons (Fsp3) is 0.321. The fourth-order valence-corrected chi connectivity index (χ4v) is 5.46. The maximum absolute atomic E-state index is 13.2. The number of fused-ring (bicyclic) bond motifs is 2. The summed E-state index contributed by atoms with van der Waals surface area (Å²) in [5.74, 6) is 0.601. The maximum atomic E-state index is 13.2. The Morgan fingerprint density at radius 1 is 1.08 bits per heavy atom. The van der Waals surface area contributed by atoms with Crippen LogP contribution >= 0.6 is 0 Å². The van der Waals surface area contributed by atoms with Crippen LogP contribution in [0.4, 0.5) is 16.3 Å². The van der Waals surface area contributed by atoms with Crippen LogP contribution in [0.25, 0.3) is 11.1 Å². The van der Waals surface area contributed by atoms with Gasteiger partial charge in [0, 0.05) is 43.0 Å². The van der Waals surface area contributed by atoms with Crippen molar-refractivity contribution < 1.29 is 18.7 Å². The molecule has 0 radical (unpaired) electrons. The minimum atomic E-state index is -0.562. The SMILES string of the molecule is COc1ccc2c(c1)CCN(C1CCN(c3cc(C(=O)c4cc(C)c5[nH]c(=O)oc5c4)ncn3)CC1)C(=O)N2. The molecular formula is C28H28N6O5. The number of anilines is 2. The van der Waals surface area contributed by atoms with E-state index < -0.39 is 5.76 Å². The van der Waals surface area contributed by atoms with Gasteiger partial charge in [-0.25, -0.2) is 19.6 Å². The van der Waals surface area contributed by atoms with Crippen molar-refractivity contribution >= 4 is 34.4 Å². The molecule has 2 amide bonds. The molecule has 2 N–H and O–H groups in total. The molecule has 0 bridgehead atoms. The molecule has 0 saturated carbocycles. The van der Waals surface area contributed by atoms with Crippen LogP contribution in [-0.2, 0) is 6.42 Å². The van der Waals surface area contributed by atoms with Gasteiger partial charge in [0.2, 0.25) is 5.78 Å². The molecule has 39 heavy (non-hydrogen) atoms. The molecule has 0 atom stereocenters. The van der Waals surface area contributed by atoms with Crippen molar-refractivity contribution in [3.63, 3.8) is 0 Å². The first-order valence-corrected chi connectivity index (χ1v) is 12.9. The Hall–Kier alpha value is -4.67. The van der Waals surface area contributed by atoms with Gasteiger partial charge in [0.1, 0.15) is 23.6 Å². The van der Waals surface area contributed by atoms with Gasteiger partial charge in [-0.3, -0.25) is 9.78 Å². The highest BCUT2D eigenvalue weighted by Gasteiger charge is 2.31.